The van der Waals surface area contributed by atoms with Crippen LogP contribution in [0.2, 0.25) is 0 Å². The Balaban J connectivity index is 1.69. The molecule has 2 N–H and O–H groups in total. The van der Waals surface area contributed by atoms with E-state index in [2.05, 4.69) is 16.0 Å². The van der Waals surface area contributed by atoms with E-state index >= 15 is 0 Å². The van der Waals surface area contributed by atoms with E-state index in [1.54, 1.807) is 48.5 Å². The average Bonchev–Trinajstić information content (AvgIpc) is 2.78. The summed E-state index contributed by atoms with van der Waals surface area (Å²) in [5.74, 6) is -0.673. The Hall–Kier alpha value is -4.19. The smallest absolute Gasteiger partial charge is 0.290 e. The van der Waals surface area contributed by atoms with Crippen molar-refractivity contribution < 1.29 is 14.3 Å². The number of carbonyl (C=O) groups excluding carboxylic acids is 2. The van der Waals surface area contributed by atoms with Crippen LogP contribution in [0.3, 0.4) is 0 Å². The molecule has 2 aromatic carbocycles. The second kappa shape index (κ2) is 9.54. The first kappa shape index (κ1) is 21.5. The van der Waals surface area contributed by atoms with Crippen molar-refractivity contribution in [2.75, 3.05) is 6.61 Å². The number of amides is 2. The average molecular weight is 419 g/mol. The lowest BCUT2D eigenvalue weighted by Crippen LogP contribution is -2.44. The standard InChI is InChI=1S/C22H21N5O4/c1-14(2)12-27-22(30)18-6-4-3-5-17(18)20(26-27)21(29)25-24-19(28)13-31-16-9-7-15(11-23)8-10-16/h3-10,14H,12-13H2,1-2H3,(H,24,28)(H,25,29). The second-order valence-corrected chi connectivity index (χ2v) is 7.20. The van der Waals surface area contributed by atoms with E-state index < -0.39 is 11.8 Å². The molecule has 0 saturated carbocycles. The molecule has 0 aliphatic heterocycles. The van der Waals surface area contributed by atoms with Gasteiger partial charge in [0.05, 0.1) is 17.0 Å². The normalized spacial score (nSPS) is 10.5. The van der Waals surface area contributed by atoms with Gasteiger partial charge in [-0.15, -0.1) is 0 Å². The topological polar surface area (TPSA) is 126 Å². The minimum Gasteiger partial charge on any atom is -0.484 e. The molecule has 0 bridgehead atoms. The lowest BCUT2D eigenvalue weighted by Gasteiger charge is -2.13. The molecule has 2 amide bonds. The molecule has 0 aliphatic rings. The summed E-state index contributed by atoms with van der Waals surface area (Å²) in [7, 11) is 0. The summed E-state index contributed by atoms with van der Waals surface area (Å²) in [5, 5.41) is 13.8. The van der Waals surface area contributed by atoms with Gasteiger partial charge in [-0.05, 0) is 36.2 Å². The van der Waals surface area contributed by atoms with Crippen molar-refractivity contribution >= 4 is 22.6 Å². The van der Waals surface area contributed by atoms with Crippen molar-refractivity contribution in [3.05, 3.63) is 70.1 Å². The van der Waals surface area contributed by atoms with E-state index in [9.17, 15) is 14.4 Å². The number of nitrogens with zero attached hydrogens (tertiary/aromatic N) is 3. The highest BCUT2D eigenvalue weighted by Crippen LogP contribution is 2.14. The van der Waals surface area contributed by atoms with Crippen molar-refractivity contribution in [3.63, 3.8) is 0 Å². The van der Waals surface area contributed by atoms with Gasteiger partial charge in [-0.1, -0.05) is 32.0 Å². The molecule has 31 heavy (non-hydrogen) atoms. The van der Waals surface area contributed by atoms with Crippen molar-refractivity contribution in [2.24, 2.45) is 5.92 Å². The highest BCUT2D eigenvalue weighted by Gasteiger charge is 2.17. The molecule has 3 rings (SSSR count). The zero-order valence-electron chi connectivity index (χ0n) is 17.1. The highest BCUT2D eigenvalue weighted by molar-refractivity contribution is 6.05. The van der Waals surface area contributed by atoms with Crippen molar-refractivity contribution in [2.45, 2.75) is 20.4 Å². The summed E-state index contributed by atoms with van der Waals surface area (Å²) >= 11 is 0. The third-order valence-corrected chi connectivity index (χ3v) is 4.29. The summed E-state index contributed by atoms with van der Waals surface area (Å²) < 4.78 is 6.58. The van der Waals surface area contributed by atoms with Crippen LogP contribution < -0.4 is 21.1 Å². The van der Waals surface area contributed by atoms with Gasteiger partial charge in [0, 0.05) is 11.9 Å². The lowest BCUT2D eigenvalue weighted by atomic mass is 10.1. The third kappa shape index (κ3) is 5.25. The van der Waals surface area contributed by atoms with E-state index in [-0.39, 0.29) is 23.8 Å². The largest absolute Gasteiger partial charge is 0.484 e. The Labute approximate surface area is 178 Å². The van der Waals surface area contributed by atoms with Crippen molar-refractivity contribution in [1.29, 1.82) is 5.26 Å². The molecule has 3 aromatic rings. The highest BCUT2D eigenvalue weighted by atomic mass is 16.5. The van der Waals surface area contributed by atoms with Gasteiger partial charge in [-0.2, -0.15) is 10.4 Å². The maximum absolute atomic E-state index is 12.7. The monoisotopic (exact) mass is 419 g/mol. The molecule has 0 radical (unpaired) electrons. The molecule has 0 saturated heterocycles. The van der Waals surface area contributed by atoms with Crippen LogP contribution in [0.1, 0.15) is 29.9 Å². The van der Waals surface area contributed by atoms with E-state index in [1.807, 2.05) is 19.9 Å². The van der Waals surface area contributed by atoms with Crippen molar-refractivity contribution in [3.8, 4) is 11.8 Å². The Kier molecular flexibility index (Phi) is 6.62. The van der Waals surface area contributed by atoms with Gasteiger partial charge in [-0.25, -0.2) is 4.68 Å². The van der Waals surface area contributed by atoms with Crippen molar-refractivity contribution in [1.82, 2.24) is 20.6 Å². The molecule has 0 spiro atoms. The summed E-state index contributed by atoms with van der Waals surface area (Å²) in [4.78, 5) is 37.3. The molecule has 0 fully saturated rings. The molecule has 1 heterocycles. The summed E-state index contributed by atoms with van der Waals surface area (Å²) in [5.41, 5.74) is 4.81. The van der Waals surface area contributed by atoms with Gasteiger partial charge in [0.2, 0.25) is 0 Å². The number of benzene rings is 2. The van der Waals surface area contributed by atoms with Gasteiger partial charge < -0.3 is 4.74 Å². The quantitative estimate of drug-likeness (QED) is 0.587. The third-order valence-electron chi connectivity index (χ3n) is 4.29. The van der Waals surface area contributed by atoms with Crippen LogP contribution in [0.25, 0.3) is 10.8 Å². The first-order chi connectivity index (χ1) is 14.9. The molecular formula is C22H21N5O4. The fraction of sp³-hybridized carbons (Fsp3) is 0.227. The lowest BCUT2D eigenvalue weighted by molar-refractivity contribution is -0.123. The number of hydrogen-bond acceptors (Lipinski definition) is 6. The van der Waals surface area contributed by atoms with Gasteiger partial charge in [-0.3, -0.25) is 25.2 Å². The fourth-order valence-electron chi connectivity index (χ4n) is 2.87. The number of aromatic nitrogens is 2. The Morgan fingerprint density at radius 1 is 1.10 bits per heavy atom. The molecule has 0 aliphatic carbocycles. The van der Waals surface area contributed by atoms with Gasteiger partial charge >= 0.3 is 0 Å². The number of rotatable bonds is 6. The number of hydrazine groups is 1. The van der Waals surface area contributed by atoms with Crippen LogP contribution in [0.4, 0.5) is 0 Å². The predicted octanol–water partition coefficient (Wildman–Crippen LogP) is 1.76. The van der Waals surface area contributed by atoms with E-state index in [0.717, 1.165) is 0 Å². The van der Waals surface area contributed by atoms with E-state index in [1.165, 1.54) is 4.68 Å². The molecular weight excluding hydrogens is 398 g/mol. The SMILES string of the molecule is CC(C)Cn1nc(C(=O)NNC(=O)COc2ccc(C#N)cc2)c2ccccc2c1=O. The number of nitriles is 1. The van der Waals surface area contributed by atoms with Gasteiger partial charge in [0.25, 0.3) is 17.4 Å². The van der Waals surface area contributed by atoms with Gasteiger partial charge in [0.1, 0.15) is 5.75 Å². The minimum atomic E-state index is -0.652. The number of fused-ring (bicyclic) bond motifs is 1. The van der Waals surface area contributed by atoms with Crippen LogP contribution >= 0.6 is 0 Å². The molecule has 0 unspecified atom stereocenters. The molecule has 9 heteroatoms. The van der Waals surface area contributed by atoms with Crippen LogP contribution in [-0.2, 0) is 11.3 Å². The number of carbonyl (C=O) groups is 2. The molecule has 158 valence electrons. The fourth-order valence-corrected chi connectivity index (χ4v) is 2.87. The second-order valence-electron chi connectivity index (χ2n) is 7.20. The molecule has 0 atom stereocenters. The van der Waals surface area contributed by atoms with Crippen LogP contribution in [0.5, 0.6) is 5.75 Å². The Morgan fingerprint density at radius 2 is 1.77 bits per heavy atom. The van der Waals surface area contributed by atoms with Gasteiger partial charge in [0.15, 0.2) is 12.3 Å². The number of hydrogen-bond donors (Lipinski definition) is 2. The van der Waals surface area contributed by atoms with E-state index in [0.29, 0.717) is 28.6 Å². The summed E-state index contributed by atoms with van der Waals surface area (Å²) in [6, 6.07) is 14.9. The predicted molar refractivity (Wildman–Crippen MR) is 113 cm³/mol. The summed E-state index contributed by atoms with van der Waals surface area (Å²) in [6.07, 6.45) is 0. The zero-order chi connectivity index (χ0) is 22.4. The molecule has 1 aromatic heterocycles. The first-order valence-corrected chi connectivity index (χ1v) is 9.61. The maximum atomic E-state index is 12.7. The Bertz CT molecular complexity index is 1210. The van der Waals surface area contributed by atoms with Crippen LogP contribution in [0.15, 0.2) is 53.3 Å². The van der Waals surface area contributed by atoms with Crippen LogP contribution in [0, 0.1) is 17.2 Å². The summed E-state index contributed by atoms with van der Waals surface area (Å²) in [6.45, 7) is 3.90. The minimum absolute atomic E-state index is 0.0316. The Morgan fingerprint density at radius 3 is 2.42 bits per heavy atom. The molecule has 9 nitrogen and oxygen atoms in total. The van der Waals surface area contributed by atoms with Crippen LogP contribution in [-0.4, -0.2) is 28.2 Å². The first-order valence-electron chi connectivity index (χ1n) is 9.61. The maximum Gasteiger partial charge on any atom is 0.290 e. The number of ether oxygens (including phenoxy) is 1. The number of nitrogens with one attached hydrogen (secondary N) is 2. The van der Waals surface area contributed by atoms with E-state index in [4.69, 9.17) is 10.00 Å². The zero-order valence-corrected chi connectivity index (χ0v) is 17.1.